The molecule has 6 rings (SSSR count). The first-order chi connectivity index (χ1) is 17.5. The van der Waals surface area contributed by atoms with Crippen LogP contribution in [0.25, 0.3) is 0 Å². The second kappa shape index (κ2) is 10.5. The van der Waals surface area contributed by atoms with E-state index in [-0.39, 0.29) is 17.8 Å². The Morgan fingerprint density at radius 2 is 1.61 bits per heavy atom. The minimum absolute atomic E-state index is 0.114. The van der Waals surface area contributed by atoms with Gasteiger partial charge in [0.25, 0.3) is 0 Å². The molecule has 0 heterocycles. The number of rotatable bonds is 9. The van der Waals surface area contributed by atoms with E-state index in [9.17, 15) is 4.79 Å². The topological polar surface area (TPSA) is 74.2 Å². The molecule has 0 saturated heterocycles. The molecule has 2 aromatic carbocycles. The van der Waals surface area contributed by atoms with Crippen LogP contribution in [-0.2, 0) is 14.9 Å². The second-order valence-electron chi connectivity index (χ2n) is 10.5. The average molecular weight is 491 g/mol. The molecule has 0 amide bonds. The van der Waals surface area contributed by atoms with E-state index in [1.165, 1.54) is 44.1 Å². The van der Waals surface area contributed by atoms with Crippen molar-refractivity contribution in [1.82, 2.24) is 0 Å². The van der Waals surface area contributed by atoms with E-state index >= 15 is 0 Å². The van der Waals surface area contributed by atoms with Gasteiger partial charge in [-0.25, -0.2) is 4.79 Å². The highest BCUT2D eigenvalue weighted by Gasteiger charge is 2.52. The van der Waals surface area contributed by atoms with Gasteiger partial charge < -0.3 is 24.1 Å². The number of aromatic carboxylic acids is 1. The molecule has 0 aliphatic heterocycles. The Morgan fingerprint density at radius 1 is 0.944 bits per heavy atom. The van der Waals surface area contributed by atoms with E-state index in [4.69, 9.17) is 24.1 Å². The fourth-order valence-electron chi connectivity index (χ4n) is 6.94. The third-order valence-electron chi connectivity index (χ3n) is 8.11. The van der Waals surface area contributed by atoms with Gasteiger partial charge in [-0.05, 0) is 92.0 Å². The predicted molar refractivity (Wildman–Crippen MR) is 136 cm³/mol. The lowest BCUT2D eigenvalue weighted by molar-refractivity contribution is -0.0190. The normalized spacial score (nSPS) is 25.8. The third kappa shape index (κ3) is 5.09. The fourth-order valence-corrected chi connectivity index (χ4v) is 6.94. The molecule has 4 bridgehead atoms. The van der Waals surface area contributed by atoms with Crippen LogP contribution in [0, 0.1) is 29.6 Å². The van der Waals surface area contributed by atoms with Gasteiger partial charge in [0.15, 0.2) is 6.79 Å². The van der Waals surface area contributed by atoms with E-state index in [1.807, 2.05) is 6.07 Å². The highest BCUT2D eigenvalue weighted by atomic mass is 16.7. The maximum atomic E-state index is 11.2. The first kappa shape index (κ1) is 24.7. The van der Waals surface area contributed by atoms with Crippen LogP contribution in [0.15, 0.2) is 36.4 Å². The molecule has 4 saturated carbocycles. The zero-order valence-electron chi connectivity index (χ0n) is 21.0. The van der Waals surface area contributed by atoms with Crippen molar-refractivity contribution in [3.8, 4) is 23.3 Å². The number of hydrogen-bond acceptors (Lipinski definition) is 5. The van der Waals surface area contributed by atoms with Crippen LogP contribution >= 0.6 is 0 Å². The van der Waals surface area contributed by atoms with Crippen molar-refractivity contribution >= 4 is 5.97 Å². The monoisotopic (exact) mass is 490 g/mol. The van der Waals surface area contributed by atoms with Crippen LogP contribution < -0.4 is 9.47 Å². The molecule has 0 aromatic heterocycles. The molecule has 4 aliphatic carbocycles. The molecule has 1 N–H and O–H groups in total. The third-order valence-corrected chi connectivity index (χ3v) is 8.11. The lowest BCUT2D eigenvalue weighted by atomic mass is 9.48. The summed E-state index contributed by atoms with van der Waals surface area (Å²) in [4.78, 5) is 11.2. The summed E-state index contributed by atoms with van der Waals surface area (Å²) in [7, 11) is 3.30. The first-order valence-corrected chi connectivity index (χ1v) is 12.8. The largest absolute Gasteiger partial charge is 0.495 e. The number of hydrogen-bond donors (Lipinski definition) is 1. The Bertz CT molecular complexity index is 1120. The van der Waals surface area contributed by atoms with E-state index in [2.05, 4.69) is 17.9 Å². The van der Waals surface area contributed by atoms with Crippen LogP contribution in [0.1, 0.15) is 65.6 Å². The molecular weight excluding hydrogens is 456 g/mol. The van der Waals surface area contributed by atoms with Crippen molar-refractivity contribution in [2.75, 3.05) is 34.2 Å². The molecule has 6 heteroatoms. The van der Waals surface area contributed by atoms with Crippen molar-refractivity contribution in [2.24, 2.45) is 17.8 Å². The van der Waals surface area contributed by atoms with Gasteiger partial charge in [0, 0.05) is 24.3 Å². The Kier molecular flexibility index (Phi) is 7.22. The maximum Gasteiger partial charge on any atom is 0.335 e. The van der Waals surface area contributed by atoms with Crippen LogP contribution in [-0.4, -0.2) is 45.3 Å². The molecule has 0 unspecified atom stereocenters. The summed E-state index contributed by atoms with van der Waals surface area (Å²) < 4.78 is 22.6. The summed E-state index contributed by atoms with van der Waals surface area (Å²) in [5.41, 5.74) is 3.16. The zero-order chi connectivity index (χ0) is 25.1. The first-order valence-electron chi connectivity index (χ1n) is 12.8. The fraction of sp³-hybridized carbons (Fsp3) is 0.500. The van der Waals surface area contributed by atoms with E-state index < -0.39 is 5.97 Å². The predicted octanol–water partition coefficient (Wildman–Crippen LogP) is 5.26. The zero-order valence-corrected chi connectivity index (χ0v) is 21.0. The molecule has 190 valence electrons. The second-order valence-corrected chi connectivity index (χ2v) is 10.5. The van der Waals surface area contributed by atoms with Gasteiger partial charge in [-0.3, -0.25) is 0 Å². The molecule has 0 spiro atoms. The lowest BCUT2D eigenvalue weighted by Gasteiger charge is -2.57. The maximum absolute atomic E-state index is 11.2. The molecule has 6 nitrogen and oxygen atoms in total. The summed E-state index contributed by atoms with van der Waals surface area (Å²) in [6, 6.07) is 10.8. The van der Waals surface area contributed by atoms with E-state index in [0.717, 1.165) is 34.6 Å². The van der Waals surface area contributed by atoms with Gasteiger partial charge in [-0.1, -0.05) is 11.8 Å². The Morgan fingerprint density at radius 3 is 2.19 bits per heavy atom. The number of carboxylic acid groups (broad SMARTS) is 1. The van der Waals surface area contributed by atoms with Crippen molar-refractivity contribution in [3.05, 3.63) is 58.7 Å². The van der Waals surface area contributed by atoms with Crippen LogP contribution in [0.5, 0.6) is 11.5 Å². The van der Waals surface area contributed by atoms with Gasteiger partial charge in [0.05, 0.1) is 31.5 Å². The van der Waals surface area contributed by atoms with Crippen LogP contribution in [0.2, 0.25) is 0 Å². The Labute approximate surface area is 212 Å². The van der Waals surface area contributed by atoms with Gasteiger partial charge >= 0.3 is 5.97 Å². The minimum atomic E-state index is -0.946. The van der Waals surface area contributed by atoms with Gasteiger partial charge in [-0.15, -0.1) is 0 Å². The van der Waals surface area contributed by atoms with Gasteiger partial charge in [0.2, 0.25) is 0 Å². The molecular formula is C30H34O6. The SMILES string of the molecule is COCCOCOc1cc(OC)c(C#Cc2ccc(C(=O)O)cc2)cc1C12CC3CC(CC(C3)C1)C2. The molecule has 2 aromatic rings. The van der Waals surface area contributed by atoms with Gasteiger partial charge in [-0.2, -0.15) is 0 Å². The average Bonchev–Trinajstić information content (AvgIpc) is 2.86. The molecule has 0 radical (unpaired) electrons. The Balaban J connectivity index is 1.49. The van der Waals surface area contributed by atoms with Crippen molar-refractivity contribution in [2.45, 2.75) is 43.9 Å². The molecule has 4 fully saturated rings. The summed E-state index contributed by atoms with van der Waals surface area (Å²) in [5.74, 6) is 9.40. The van der Waals surface area contributed by atoms with Crippen molar-refractivity contribution in [1.29, 1.82) is 0 Å². The summed E-state index contributed by atoms with van der Waals surface area (Å²) in [6.07, 6.45) is 7.71. The highest BCUT2D eigenvalue weighted by molar-refractivity contribution is 5.87. The number of benzene rings is 2. The summed E-state index contributed by atoms with van der Waals surface area (Å²) in [6.45, 7) is 1.16. The minimum Gasteiger partial charge on any atom is -0.495 e. The molecule has 4 aliphatic rings. The summed E-state index contributed by atoms with van der Waals surface area (Å²) >= 11 is 0. The van der Waals surface area contributed by atoms with Crippen LogP contribution in [0.4, 0.5) is 0 Å². The quantitative estimate of drug-likeness (QED) is 0.294. The molecule has 36 heavy (non-hydrogen) atoms. The molecule has 0 atom stereocenters. The number of carbonyl (C=O) groups is 1. The number of carboxylic acids is 1. The number of methoxy groups -OCH3 is 2. The highest BCUT2D eigenvalue weighted by Crippen LogP contribution is 2.62. The summed E-state index contributed by atoms with van der Waals surface area (Å²) in [5, 5.41) is 9.15. The number of ether oxygens (including phenoxy) is 4. The van der Waals surface area contributed by atoms with Crippen molar-refractivity contribution in [3.63, 3.8) is 0 Å². The lowest BCUT2D eigenvalue weighted by Crippen LogP contribution is -2.48. The van der Waals surface area contributed by atoms with E-state index in [0.29, 0.717) is 19.0 Å². The standard InChI is InChI=1S/C30H34O6/c1-33-9-10-35-19-36-28-15-27(34-2)25(8-5-20-3-6-24(7-4-20)29(31)32)14-26(28)30-16-21-11-22(17-30)13-23(12-21)18-30/h3-4,6-7,14-15,21-23H,9-13,16-19H2,1-2H3,(H,31,32). The van der Waals surface area contributed by atoms with E-state index in [1.54, 1.807) is 38.5 Å². The van der Waals surface area contributed by atoms with Crippen LogP contribution in [0.3, 0.4) is 0 Å². The smallest absolute Gasteiger partial charge is 0.335 e. The van der Waals surface area contributed by atoms with Gasteiger partial charge in [0.1, 0.15) is 11.5 Å². The Hall–Kier alpha value is -3.01. The van der Waals surface area contributed by atoms with Crippen molar-refractivity contribution < 1.29 is 28.8 Å².